The largest absolute Gasteiger partial charge is 0.484 e. The maximum Gasteiger partial charge on any atom is 0.262 e. The molecule has 0 radical (unpaired) electrons. The van der Waals surface area contributed by atoms with E-state index < -0.39 is 5.92 Å². The van der Waals surface area contributed by atoms with E-state index in [1.807, 2.05) is 0 Å². The van der Waals surface area contributed by atoms with Gasteiger partial charge in [0, 0.05) is 24.3 Å². The molecule has 1 fully saturated rings. The van der Waals surface area contributed by atoms with E-state index in [1.54, 1.807) is 59.5 Å². The van der Waals surface area contributed by atoms with E-state index in [1.165, 1.54) is 6.26 Å². The molecule has 0 bridgehead atoms. The lowest BCUT2D eigenvalue weighted by molar-refractivity contribution is -0.126. The Kier molecular flexibility index (Phi) is 7.40. The summed E-state index contributed by atoms with van der Waals surface area (Å²) < 4.78 is 10.7. The fraction of sp³-hybridized carbons (Fsp3) is 0.208. The topological polar surface area (TPSA) is 101 Å². The van der Waals surface area contributed by atoms with E-state index in [-0.39, 0.29) is 43.8 Å². The number of rotatable bonds is 8. The molecule has 0 aliphatic carbocycles. The number of halogens is 2. The number of carbonyl (C=O) groups is 3. The Balaban J connectivity index is 1.27. The van der Waals surface area contributed by atoms with Gasteiger partial charge in [0.15, 0.2) is 6.61 Å². The first-order chi connectivity index (χ1) is 16.4. The molecule has 1 saturated heterocycles. The highest BCUT2D eigenvalue weighted by molar-refractivity contribution is 6.42. The third-order valence-corrected chi connectivity index (χ3v) is 5.97. The van der Waals surface area contributed by atoms with Crippen molar-refractivity contribution in [1.82, 2.24) is 5.32 Å². The average molecular weight is 502 g/mol. The van der Waals surface area contributed by atoms with Crippen LogP contribution in [-0.2, 0) is 20.9 Å². The molecule has 3 amide bonds. The molecule has 0 spiro atoms. The van der Waals surface area contributed by atoms with Crippen molar-refractivity contribution >= 4 is 52.3 Å². The van der Waals surface area contributed by atoms with Gasteiger partial charge in [-0.2, -0.15) is 0 Å². The summed E-state index contributed by atoms with van der Waals surface area (Å²) >= 11 is 11.8. The number of ether oxygens (including phenoxy) is 1. The third-order valence-electron chi connectivity index (χ3n) is 5.23. The Bertz CT molecular complexity index is 1180. The van der Waals surface area contributed by atoms with Crippen molar-refractivity contribution in [3.8, 4) is 5.75 Å². The lowest BCUT2D eigenvalue weighted by Gasteiger charge is -2.17. The number of benzene rings is 2. The fourth-order valence-corrected chi connectivity index (χ4v) is 3.80. The van der Waals surface area contributed by atoms with Crippen LogP contribution < -0.4 is 20.3 Å². The van der Waals surface area contributed by atoms with Gasteiger partial charge in [-0.05, 0) is 54.6 Å². The van der Waals surface area contributed by atoms with Gasteiger partial charge < -0.3 is 24.7 Å². The van der Waals surface area contributed by atoms with Crippen molar-refractivity contribution < 1.29 is 23.5 Å². The van der Waals surface area contributed by atoms with Crippen molar-refractivity contribution in [2.45, 2.75) is 13.0 Å². The molecular formula is C24H21Cl2N3O5. The van der Waals surface area contributed by atoms with E-state index in [0.717, 1.165) is 0 Å². The van der Waals surface area contributed by atoms with Crippen LogP contribution in [0.2, 0.25) is 10.0 Å². The quantitative estimate of drug-likeness (QED) is 0.479. The summed E-state index contributed by atoms with van der Waals surface area (Å²) in [6.07, 6.45) is 1.68. The van der Waals surface area contributed by atoms with Crippen LogP contribution in [0, 0.1) is 5.92 Å². The summed E-state index contributed by atoms with van der Waals surface area (Å²) in [5, 5.41) is 6.20. The zero-order valence-electron chi connectivity index (χ0n) is 17.9. The number of nitrogens with one attached hydrogen (secondary N) is 2. The zero-order chi connectivity index (χ0) is 24.1. The Morgan fingerprint density at radius 3 is 2.59 bits per heavy atom. The van der Waals surface area contributed by atoms with E-state index >= 15 is 0 Å². The molecule has 4 rings (SSSR count). The lowest BCUT2D eigenvalue weighted by Crippen LogP contribution is -2.32. The molecule has 2 aromatic carbocycles. The molecular weight excluding hydrogens is 481 g/mol. The molecule has 10 heteroatoms. The fourth-order valence-electron chi connectivity index (χ4n) is 3.51. The summed E-state index contributed by atoms with van der Waals surface area (Å²) in [7, 11) is 0. The van der Waals surface area contributed by atoms with Crippen molar-refractivity contribution in [2.75, 3.05) is 23.4 Å². The first kappa shape index (κ1) is 23.7. The van der Waals surface area contributed by atoms with E-state index in [0.29, 0.717) is 32.9 Å². The molecule has 1 aromatic heterocycles. The Morgan fingerprint density at radius 2 is 1.88 bits per heavy atom. The highest BCUT2D eigenvalue weighted by Crippen LogP contribution is 2.27. The van der Waals surface area contributed by atoms with E-state index in [4.69, 9.17) is 32.4 Å². The van der Waals surface area contributed by atoms with Gasteiger partial charge in [-0.15, -0.1) is 0 Å². The second-order valence-electron chi connectivity index (χ2n) is 7.66. The second kappa shape index (κ2) is 10.6. The van der Waals surface area contributed by atoms with Gasteiger partial charge in [-0.3, -0.25) is 14.4 Å². The molecule has 176 valence electrons. The number of amides is 3. The van der Waals surface area contributed by atoms with Gasteiger partial charge in [0.1, 0.15) is 11.5 Å². The smallest absolute Gasteiger partial charge is 0.262 e. The van der Waals surface area contributed by atoms with E-state index in [9.17, 15) is 14.4 Å². The molecule has 0 saturated carbocycles. The molecule has 1 atom stereocenters. The minimum Gasteiger partial charge on any atom is -0.484 e. The third kappa shape index (κ3) is 5.89. The van der Waals surface area contributed by atoms with Crippen LogP contribution in [0.5, 0.6) is 5.75 Å². The molecule has 2 heterocycles. The highest BCUT2D eigenvalue weighted by atomic mass is 35.5. The summed E-state index contributed by atoms with van der Waals surface area (Å²) in [5.74, 6) is -0.0137. The van der Waals surface area contributed by atoms with Gasteiger partial charge >= 0.3 is 0 Å². The zero-order valence-corrected chi connectivity index (χ0v) is 19.4. The van der Waals surface area contributed by atoms with Gasteiger partial charge in [-0.1, -0.05) is 23.2 Å². The lowest BCUT2D eigenvalue weighted by atomic mass is 10.1. The molecule has 1 aliphatic rings. The number of hydrogen-bond acceptors (Lipinski definition) is 5. The van der Waals surface area contributed by atoms with Gasteiger partial charge in [-0.25, -0.2) is 0 Å². The summed E-state index contributed by atoms with van der Waals surface area (Å²) in [6.45, 7) is 0.358. The number of anilines is 2. The van der Waals surface area contributed by atoms with Crippen molar-refractivity contribution in [3.63, 3.8) is 0 Å². The number of nitrogens with zero attached hydrogens (tertiary/aromatic N) is 1. The Morgan fingerprint density at radius 1 is 1.09 bits per heavy atom. The van der Waals surface area contributed by atoms with Crippen LogP contribution >= 0.6 is 23.2 Å². The monoisotopic (exact) mass is 501 g/mol. The predicted molar refractivity (Wildman–Crippen MR) is 128 cm³/mol. The normalized spacial score (nSPS) is 15.3. The first-order valence-electron chi connectivity index (χ1n) is 10.5. The molecule has 34 heavy (non-hydrogen) atoms. The summed E-state index contributed by atoms with van der Waals surface area (Å²) in [5.41, 5.74) is 1.16. The first-order valence-corrected chi connectivity index (χ1v) is 11.2. The van der Waals surface area contributed by atoms with Crippen molar-refractivity contribution in [2.24, 2.45) is 5.92 Å². The van der Waals surface area contributed by atoms with Crippen LogP contribution in [0.15, 0.2) is 65.3 Å². The van der Waals surface area contributed by atoms with Gasteiger partial charge in [0.2, 0.25) is 11.8 Å². The van der Waals surface area contributed by atoms with Crippen LogP contribution in [0.25, 0.3) is 0 Å². The number of furan rings is 1. The highest BCUT2D eigenvalue weighted by Gasteiger charge is 2.35. The Hall–Kier alpha value is -3.49. The van der Waals surface area contributed by atoms with Crippen LogP contribution in [0.1, 0.15) is 12.2 Å². The second-order valence-corrected chi connectivity index (χ2v) is 8.48. The van der Waals surface area contributed by atoms with Crippen molar-refractivity contribution in [3.05, 3.63) is 76.7 Å². The number of hydrogen-bond donors (Lipinski definition) is 2. The molecule has 8 nitrogen and oxygen atoms in total. The summed E-state index contributed by atoms with van der Waals surface area (Å²) in [6, 6.07) is 15.1. The van der Waals surface area contributed by atoms with Crippen LogP contribution in [0.3, 0.4) is 0 Å². The van der Waals surface area contributed by atoms with Crippen LogP contribution in [0.4, 0.5) is 11.4 Å². The maximum atomic E-state index is 12.5. The van der Waals surface area contributed by atoms with Crippen molar-refractivity contribution in [1.29, 1.82) is 0 Å². The summed E-state index contributed by atoms with van der Waals surface area (Å²) in [4.78, 5) is 38.6. The number of carbonyl (C=O) groups excluding carboxylic acids is 3. The molecule has 1 aliphatic heterocycles. The molecule has 3 aromatic rings. The SMILES string of the molecule is O=C(COc1ccc(N2C[C@@H](C(=O)NCc3ccco3)CC2=O)cc1)Nc1ccc(Cl)c(Cl)c1. The molecule has 2 N–H and O–H groups in total. The average Bonchev–Trinajstić information content (AvgIpc) is 3.49. The minimum absolute atomic E-state index is 0.132. The predicted octanol–water partition coefficient (Wildman–Crippen LogP) is 4.27. The molecule has 0 unspecified atom stereocenters. The standard InChI is InChI=1S/C24H21Cl2N3O5/c25-20-8-3-16(11-21(20)26)28-22(30)14-34-18-6-4-17(5-7-18)29-13-15(10-23(29)31)24(32)27-12-19-2-1-9-33-19/h1-9,11,15H,10,12-14H2,(H,27,32)(H,28,30)/t15-/m0/s1. The maximum absolute atomic E-state index is 12.5. The minimum atomic E-state index is -0.441. The van der Waals surface area contributed by atoms with Gasteiger partial charge in [0.25, 0.3) is 5.91 Å². The van der Waals surface area contributed by atoms with Crippen LogP contribution in [-0.4, -0.2) is 30.9 Å². The van der Waals surface area contributed by atoms with E-state index in [2.05, 4.69) is 10.6 Å². The Labute approximate surface area is 205 Å². The van der Waals surface area contributed by atoms with Gasteiger partial charge in [0.05, 0.1) is 28.8 Å².